The van der Waals surface area contributed by atoms with Crippen molar-refractivity contribution in [1.29, 1.82) is 0 Å². The molecule has 0 heterocycles. The fraction of sp³-hybridized carbons (Fsp3) is 0.500. The molecule has 1 aromatic rings. The molecule has 2 aliphatic carbocycles. The Morgan fingerprint density at radius 1 is 1.05 bits per heavy atom. The maximum Gasteiger partial charge on any atom is 0.338 e. The van der Waals surface area contributed by atoms with Crippen molar-refractivity contribution in [2.75, 3.05) is 0 Å². The molecule has 3 rings (SSSR count). The monoisotopic (exact) mass is 306 g/mol. The van der Waals surface area contributed by atoms with Crippen molar-refractivity contribution >= 4 is 17.3 Å². The molecule has 0 spiro atoms. The SMILES string of the molecule is O=C(OC1CC2CCC1C2)c1cc([N+](=O)[O-])cc([N+](=O)[O-])c1. The molecule has 1 aromatic carbocycles. The first-order valence-electron chi connectivity index (χ1n) is 7.09. The van der Waals surface area contributed by atoms with Crippen LogP contribution >= 0.6 is 0 Å². The van der Waals surface area contributed by atoms with E-state index in [0.29, 0.717) is 11.8 Å². The highest BCUT2D eigenvalue weighted by Crippen LogP contribution is 2.46. The average molecular weight is 306 g/mol. The van der Waals surface area contributed by atoms with Crippen LogP contribution in [0.2, 0.25) is 0 Å². The van der Waals surface area contributed by atoms with Gasteiger partial charge in [0.15, 0.2) is 0 Å². The van der Waals surface area contributed by atoms with Gasteiger partial charge in [-0.2, -0.15) is 0 Å². The second-order valence-corrected chi connectivity index (χ2v) is 5.87. The molecule has 8 nitrogen and oxygen atoms in total. The van der Waals surface area contributed by atoms with Crippen LogP contribution in [-0.4, -0.2) is 21.9 Å². The van der Waals surface area contributed by atoms with Crippen molar-refractivity contribution in [3.63, 3.8) is 0 Å². The fourth-order valence-electron chi connectivity index (χ4n) is 3.46. The zero-order valence-corrected chi connectivity index (χ0v) is 11.6. The van der Waals surface area contributed by atoms with E-state index >= 15 is 0 Å². The summed E-state index contributed by atoms with van der Waals surface area (Å²) >= 11 is 0. The van der Waals surface area contributed by atoms with Crippen molar-refractivity contribution in [2.24, 2.45) is 11.8 Å². The van der Waals surface area contributed by atoms with E-state index < -0.39 is 27.2 Å². The Bertz CT molecular complexity index is 626. The minimum atomic E-state index is -0.763. The Labute approximate surface area is 125 Å². The maximum atomic E-state index is 12.2. The number of nitro benzene ring substituents is 2. The van der Waals surface area contributed by atoms with Gasteiger partial charge in [-0.3, -0.25) is 20.2 Å². The Kier molecular flexibility index (Phi) is 3.51. The lowest BCUT2D eigenvalue weighted by molar-refractivity contribution is -0.394. The van der Waals surface area contributed by atoms with Crippen LogP contribution in [0.4, 0.5) is 11.4 Å². The first-order chi connectivity index (χ1) is 10.4. The van der Waals surface area contributed by atoms with Crippen LogP contribution in [0.25, 0.3) is 0 Å². The number of ether oxygens (including phenoxy) is 1. The summed E-state index contributed by atoms with van der Waals surface area (Å²) in [5, 5.41) is 21.7. The number of carbonyl (C=O) groups is 1. The summed E-state index contributed by atoms with van der Waals surface area (Å²) in [7, 11) is 0. The molecule has 2 bridgehead atoms. The summed E-state index contributed by atoms with van der Waals surface area (Å²) in [6, 6.07) is 2.86. The zero-order valence-electron chi connectivity index (χ0n) is 11.6. The van der Waals surface area contributed by atoms with Crippen molar-refractivity contribution in [3.8, 4) is 0 Å². The van der Waals surface area contributed by atoms with Gasteiger partial charge in [0.1, 0.15) is 6.10 Å². The van der Waals surface area contributed by atoms with E-state index in [0.717, 1.165) is 43.9 Å². The first kappa shape index (κ1) is 14.4. The molecule has 0 saturated heterocycles. The lowest BCUT2D eigenvalue weighted by atomic mass is 9.98. The van der Waals surface area contributed by atoms with E-state index in [-0.39, 0.29) is 11.7 Å². The van der Waals surface area contributed by atoms with Gasteiger partial charge >= 0.3 is 5.97 Å². The number of fused-ring (bicyclic) bond motifs is 2. The minimum Gasteiger partial charge on any atom is -0.458 e. The van der Waals surface area contributed by atoms with Crippen LogP contribution in [0.1, 0.15) is 36.0 Å². The largest absolute Gasteiger partial charge is 0.458 e. The third kappa shape index (κ3) is 2.63. The van der Waals surface area contributed by atoms with E-state index in [1.807, 2.05) is 0 Å². The smallest absolute Gasteiger partial charge is 0.338 e. The normalized spacial score (nSPS) is 25.9. The molecular weight excluding hydrogens is 292 g/mol. The second kappa shape index (κ2) is 5.36. The number of hydrogen-bond donors (Lipinski definition) is 0. The molecule has 3 atom stereocenters. The van der Waals surface area contributed by atoms with Crippen LogP contribution in [-0.2, 0) is 4.74 Å². The van der Waals surface area contributed by atoms with Crippen LogP contribution in [0, 0.1) is 32.1 Å². The number of nitrogens with zero attached hydrogens (tertiary/aromatic N) is 2. The lowest BCUT2D eigenvalue weighted by Crippen LogP contribution is -2.24. The Balaban J connectivity index is 1.82. The molecule has 0 N–H and O–H groups in total. The summed E-state index contributed by atoms with van der Waals surface area (Å²) in [6.07, 6.45) is 3.86. The van der Waals surface area contributed by atoms with Crippen molar-refractivity contribution in [1.82, 2.24) is 0 Å². The van der Waals surface area contributed by atoms with Crippen LogP contribution < -0.4 is 0 Å². The highest BCUT2D eigenvalue weighted by molar-refractivity contribution is 5.91. The Morgan fingerprint density at radius 3 is 2.14 bits per heavy atom. The van der Waals surface area contributed by atoms with Gasteiger partial charge in [-0.25, -0.2) is 4.79 Å². The number of benzene rings is 1. The molecular formula is C14H14N2O6. The molecule has 8 heteroatoms. The Hall–Kier alpha value is -2.51. The number of hydrogen-bond acceptors (Lipinski definition) is 6. The first-order valence-corrected chi connectivity index (χ1v) is 7.09. The molecule has 0 amide bonds. The highest BCUT2D eigenvalue weighted by atomic mass is 16.6. The van der Waals surface area contributed by atoms with Crippen molar-refractivity contribution in [3.05, 3.63) is 44.0 Å². The third-order valence-corrected chi connectivity index (χ3v) is 4.49. The van der Waals surface area contributed by atoms with E-state index in [4.69, 9.17) is 4.74 Å². The number of nitro groups is 2. The molecule has 116 valence electrons. The van der Waals surface area contributed by atoms with Gasteiger partial charge in [0.25, 0.3) is 11.4 Å². The van der Waals surface area contributed by atoms with Gasteiger partial charge in [-0.15, -0.1) is 0 Å². The second-order valence-electron chi connectivity index (χ2n) is 5.87. The van der Waals surface area contributed by atoms with Gasteiger partial charge in [0.2, 0.25) is 0 Å². The van der Waals surface area contributed by atoms with Crippen molar-refractivity contribution in [2.45, 2.75) is 31.8 Å². The average Bonchev–Trinajstić information content (AvgIpc) is 3.09. The highest BCUT2D eigenvalue weighted by Gasteiger charge is 2.42. The molecule has 0 aliphatic heterocycles. The zero-order chi connectivity index (χ0) is 15.9. The fourth-order valence-corrected chi connectivity index (χ4v) is 3.46. The van der Waals surface area contributed by atoms with Gasteiger partial charge < -0.3 is 4.74 Å². The van der Waals surface area contributed by atoms with Crippen LogP contribution in [0.5, 0.6) is 0 Å². The van der Waals surface area contributed by atoms with E-state index in [2.05, 4.69) is 0 Å². The topological polar surface area (TPSA) is 113 Å². The number of non-ortho nitro benzene ring substituents is 2. The molecule has 0 aromatic heterocycles. The summed E-state index contributed by atoms with van der Waals surface area (Å²) in [6.45, 7) is 0. The molecule has 2 aliphatic rings. The van der Waals surface area contributed by atoms with Crippen LogP contribution in [0.15, 0.2) is 18.2 Å². The van der Waals surface area contributed by atoms with Gasteiger partial charge in [0, 0.05) is 12.1 Å². The van der Waals surface area contributed by atoms with E-state index in [1.165, 1.54) is 0 Å². The predicted octanol–water partition coefficient (Wildman–Crippen LogP) is 2.85. The molecule has 2 fully saturated rings. The van der Waals surface area contributed by atoms with Gasteiger partial charge in [-0.1, -0.05) is 0 Å². The molecule has 0 radical (unpaired) electrons. The standard InChI is InChI=1S/C14H14N2O6/c17-14(22-13-4-8-1-2-9(13)3-8)10-5-11(15(18)19)7-12(6-10)16(20)21/h5-9,13H,1-4H2. The quantitative estimate of drug-likeness (QED) is 0.480. The van der Waals surface area contributed by atoms with E-state index in [9.17, 15) is 25.0 Å². The minimum absolute atomic E-state index is 0.149. The number of esters is 1. The maximum absolute atomic E-state index is 12.2. The number of rotatable bonds is 4. The van der Waals surface area contributed by atoms with Crippen LogP contribution in [0.3, 0.4) is 0 Å². The third-order valence-electron chi connectivity index (χ3n) is 4.49. The summed E-state index contributed by atoms with van der Waals surface area (Å²) in [5.74, 6) is 0.203. The van der Waals surface area contributed by atoms with Gasteiger partial charge in [0.05, 0.1) is 21.5 Å². The summed E-state index contributed by atoms with van der Waals surface area (Å²) in [4.78, 5) is 32.3. The van der Waals surface area contributed by atoms with Crippen molar-refractivity contribution < 1.29 is 19.4 Å². The Morgan fingerprint density at radius 2 is 1.68 bits per heavy atom. The molecule has 22 heavy (non-hydrogen) atoms. The lowest BCUT2D eigenvalue weighted by Gasteiger charge is -2.21. The van der Waals surface area contributed by atoms with Gasteiger partial charge in [-0.05, 0) is 37.5 Å². The predicted molar refractivity (Wildman–Crippen MR) is 74.4 cm³/mol. The summed E-state index contributed by atoms with van der Waals surface area (Å²) < 4.78 is 5.42. The molecule has 2 saturated carbocycles. The molecule has 3 unspecified atom stereocenters. The number of carbonyl (C=O) groups excluding carboxylic acids is 1. The van der Waals surface area contributed by atoms with E-state index in [1.54, 1.807) is 0 Å². The summed E-state index contributed by atoms with van der Waals surface area (Å²) in [5.41, 5.74) is -1.13.